The second kappa shape index (κ2) is 3.58. The van der Waals surface area contributed by atoms with Crippen LogP contribution in [-0.4, -0.2) is 15.1 Å². The highest BCUT2D eigenvalue weighted by Crippen LogP contribution is 2.17. The average Bonchev–Trinajstić information content (AvgIpc) is 2.55. The molecule has 0 aliphatic carbocycles. The van der Waals surface area contributed by atoms with Crippen molar-refractivity contribution in [2.75, 3.05) is 0 Å². The lowest BCUT2D eigenvalue weighted by atomic mass is 9.97. The molecule has 0 amide bonds. The molecule has 4 nitrogen and oxygen atoms in total. The molecule has 13 heavy (non-hydrogen) atoms. The molecule has 0 saturated carbocycles. The van der Waals surface area contributed by atoms with Crippen LogP contribution in [0.4, 0.5) is 0 Å². The largest absolute Gasteiger partial charge is 0.335 e. The van der Waals surface area contributed by atoms with Crippen LogP contribution in [0.5, 0.6) is 0 Å². The lowest BCUT2D eigenvalue weighted by molar-refractivity contribution is 0.413. The van der Waals surface area contributed by atoms with Gasteiger partial charge in [0.25, 0.3) is 0 Å². The minimum atomic E-state index is -0.760. The van der Waals surface area contributed by atoms with Gasteiger partial charge in [-0.05, 0) is 20.3 Å². The summed E-state index contributed by atoms with van der Waals surface area (Å²) in [6, 6.07) is 2.28. The SMILES string of the molecule is CC(CC(C)(N)C#N)n1ccnc1. The summed E-state index contributed by atoms with van der Waals surface area (Å²) in [5, 5.41) is 8.74. The average molecular weight is 178 g/mol. The van der Waals surface area contributed by atoms with Gasteiger partial charge in [0.05, 0.1) is 12.4 Å². The number of hydrogen-bond donors (Lipinski definition) is 1. The van der Waals surface area contributed by atoms with Gasteiger partial charge in [-0.15, -0.1) is 0 Å². The maximum atomic E-state index is 8.74. The molecule has 0 spiro atoms. The maximum absolute atomic E-state index is 8.74. The summed E-state index contributed by atoms with van der Waals surface area (Å²) >= 11 is 0. The van der Waals surface area contributed by atoms with E-state index in [0.717, 1.165) is 0 Å². The topological polar surface area (TPSA) is 67.6 Å². The minimum Gasteiger partial charge on any atom is -0.335 e. The van der Waals surface area contributed by atoms with Crippen LogP contribution in [0.25, 0.3) is 0 Å². The molecule has 2 unspecified atom stereocenters. The van der Waals surface area contributed by atoms with Crippen LogP contribution in [0.2, 0.25) is 0 Å². The molecule has 0 radical (unpaired) electrons. The van der Waals surface area contributed by atoms with Crippen molar-refractivity contribution < 1.29 is 0 Å². The predicted molar refractivity (Wildman–Crippen MR) is 49.8 cm³/mol. The zero-order chi connectivity index (χ0) is 9.90. The number of nitrogens with zero attached hydrogens (tertiary/aromatic N) is 3. The van der Waals surface area contributed by atoms with E-state index in [9.17, 15) is 0 Å². The van der Waals surface area contributed by atoms with Gasteiger partial charge in [-0.1, -0.05) is 0 Å². The van der Waals surface area contributed by atoms with E-state index in [1.807, 2.05) is 17.7 Å². The van der Waals surface area contributed by atoms with Crippen molar-refractivity contribution in [3.05, 3.63) is 18.7 Å². The van der Waals surface area contributed by atoms with Gasteiger partial charge in [0.1, 0.15) is 5.54 Å². The number of imidazole rings is 1. The molecule has 2 N–H and O–H groups in total. The fraction of sp³-hybridized carbons (Fsp3) is 0.556. The summed E-state index contributed by atoms with van der Waals surface area (Å²) in [4.78, 5) is 3.94. The second-order valence-electron chi connectivity index (χ2n) is 3.59. The quantitative estimate of drug-likeness (QED) is 0.752. The summed E-state index contributed by atoms with van der Waals surface area (Å²) < 4.78 is 1.95. The van der Waals surface area contributed by atoms with Gasteiger partial charge >= 0.3 is 0 Å². The Morgan fingerprint density at radius 3 is 2.92 bits per heavy atom. The van der Waals surface area contributed by atoms with E-state index < -0.39 is 5.54 Å². The van der Waals surface area contributed by atoms with Crippen LogP contribution in [0.3, 0.4) is 0 Å². The summed E-state index contributed by atoms with van der Waals surface area (Å²) in [7, 11) is 0. The van der Waals surface area contributed by atoms with Gasteiger partial charge in [-0.2, -0.15) is 5.26 Å². The first kappa shape index (κ1) is 9.75. The van der Waals surface area contributed by atoms with E-state index in [1.54, 1.807) is 19.4 Å². The smallest absolute Gasteiger partial charge is 0.103 e. The predicted octanol–water partition coefficient (Wildman–Crippen LogP) is 1.08. The fourth-order valence-corrected chi connectivity index (χ4v) is 1.29. The number of nitrogens with two attached hydrogens (primary N) is 1. The van der Waals surface area contributed by atoms with Crippen molar-refractivity contribution in [1.82, 2.24) is 9.55 Å². The summed E-state index contributed by atoms with van der Waals surface area (Å²) in [6.07, 6.45) is 5.95. The Kier molecular flexibility index (Phi) is 2.69. The van der Waals surface area contributed by atoms with Gasteiger partial charge in [0.2, 0.25) is 0 Å². The van der Waals surface area contributed by atoms with Crippen molar-refractivity contribution in [3.8, 4) is 6.07 Å². The fourth-order valence-electron chi connectivity index (χ4n) is 1.29. The molecular weight excluding hydrogens is 164 g/mol. The number of rotatable bonds is 3. The number of nitriles is 1. The first-order valence-corrected chi connectivity index (χ1v) is 4.23. The van der Waals surface area contributed by atoms with Crippen LogP contribution in [-0.2, 0) is 0 Å². The standard InChI is InChI=1S/C9H14N4/c1-8(5-9(2,11)6-10)13-4-3-12-7-13/h3-4,7-8H,5,11H2,1-2H3. The van der Waals surface area contributed by atoms with Crippen LogP contribution in [0, 0.1) is 11.3 Å². The third-order valence-electron chi connectivity index (χ3n) is 2.01. The Labute approximate surface area is 78.0 Å². The lowest BCUT2D eigenvalue weighted by Crippen LogP contribution is -2.36. The Morgan fingerprint density at radius 1 is 1.77 bits per heavy atom. The van der Waals surface area contributed by atoms with Gasteiger partial charge < -0.3 is 10.3 Å². The zero-order valence-corrected chi connectivity index (χ0v) is 7.94. The van der Waals surface area contributed by atoms with E-state index in [4.69, 9.17) is 11.0 Å². The Hall–Kier alpha value is -1.34. The molecule has 70 valence electrons. The first-order valence-electron chi connectivity index (χ1n) is 4.23. The van der Waals surface area contributed by atoms with E-state index in [0.29, 0.717) is 6.42 Å². The molecule has 0 fully saturated rings. The van der Waals surface area contributed by atoms with Crippen molar-refractivity contribution >= 4 is 0 Å². The summed E-state index contributed by atoms with van der Waals surface area (Å²) in [5.41, 5.74) is 4.97. The van der Waals surface area contributed by atoms with E-state index in [2.05, 4.69) is 11.1 Å². The molecular formula is C9H14N4. The van der Waals surface area contributed by atoms with Gasteiger partial charge in [0, 0.05) is 18.4 Å². The molecule has 4 heteroatoms. The van der Waals surface area contributed by atoms with Crippen molar-refractivity contribution in [1.29, 1.82) is 5.26 Å². The van der Waals surface area contributed by atoms with Gasteiger partial charge in [-0.3, -0.25) is 0 Å². The lowest BCUT2D eigenvalue weighted by Gasteiger charge is -2.21. The highest BCUT2D eigenvalue weighted by molar-refractivity contribution is 5.02. The molecule has 1 aromatic heterocycles. The third-order valence-corrected chi connectivity index (χ3v) is 2.01. The van der Waals surface area contributed by atoms with Crippen LogP contribution in [0.15, 0.2) is 18.7 Å². The third kappa shape index (κ3) is 2.56. The molecule has 0 saturated heterocycles. The van der Waals surface area contributed by atoms with Crippen LogP contribution < -0.4 is 5.73 Å². The molecule has 1 aromatic rings. The minimum absolute atomic E-state index is 0.206. The van der Waals surface area contributed by atoms with E-state index in [1.165, 1.54) is 0 Å². The van der Waals surface area contributed by atoms with E-state index in [-0.39, 0.29) is 6.04 Å². The second-order valence-corrected chi connectivity index (χ2v) is 3.59. The van der Waals surface area contributed by atoms with Crippen molar-refractivity contribution in [2.24, 2.45) is 5.73 Å². The van der Waals surface area contributed by atoms with Crippen LogP contribution >= 0.6 is 0 Å². The molecule has 0 aromatic carbocycles. The Morgan fingerprint density at radius 2 is 2.46 bits per heavy atom. The Bertz CT molecular complexity index is 294. The highest BCUT2D eigenvalue weighted by atomic mass is 15.0. The maximum Gasteiger partial charge on any atom is 0.103 e. The number of hydrogen-bond acceptors (Lipinski definition) is 3. The highest BCUT2D eigenvalue weighted by Gasteiger charge is 2.21. The summed E-state index contributed by atoms with van der Waals surface area (Å²) in [6.45, 7) is 3.75. The number of aromatic nitrogens is 2. The molecule has 0 bridgehead atoms. The monoisotopic (exact) mass is 178 g/mol. The van der Waals surface area contributed by atoms with Gasteiger partial charge in [-0.25, -0.2) is 4.98 Å². The van der Waals surface area contributed by atoms with E-state index >= 15 is 0 Å². The molecule has 0 aliphatic rings. The summed E-state index contributed by atoms with van der Waals surface area (Å²) in [5.74, 6) is 0. The molecule has 1 heterocycles. The molecule has 1 rings (SSSR count). The normalized spacial score (nSPS) is 17.4. The van der Waals surface area contributed by atoms with Gasteiger partial charge in [0.15, 0.2) is 0 Å². The van der Waals surface area contributed by atoms with Crippen LogP contribution in [0.1, 0.15) is 26.3 Å². The van der Waals surface area contributed by atoms with Crippen molar-refractivity contribution in [3.63, 3.8) is 0 Å². The molecule has 2 atom stereocenters. The Balaban J connectivity index is 2.62. The van der Waals surface area contributed by atoms with Crippen molar-refractivity contribution in [2.45, 2.75) is 31.8 Å². The molecule has 0 aliphatic heterocycles. The zero-order valence-electron chi connectivity index (χ0n) is 7.94. The first-order chi connectivity index (χ1) is 6.05.